The smallest absolute Gasteiger partial charge is 0.231 e. The number of aromatic nitrogens is 2. The van der Waals surface area contributed by atoms with E-state index in [1.807, 2.05) is 27.7 Å². The Kier molecular flexibility index (Phi) is 4.43. The van der Waals surface area contributed by atoms with E-state index in [-0.39, 0.29) is 29.3 Å². The number of aldehydes is 1. The maximum Gasteiger partial charge on any atom is 0.231 e. The highest BCUT2D eigenvalue weighted by molar-refractivity contribution is 5.81. The molecule has 0 radical (unpaired) electrons. The van der Waals surface area contributed by atoms with Crippen molar-refractivity contribution in [3.05, 3.63) is 11.4 Å². The lowest BCUT2D eigenvalue weighted by atomic mass is 10.2. The van der Waals surface area contributed by atoms with Crippen LogP contribution in [0.15, 0.2) is 0 Å². The van der Waals surface area contributed by atoms with Crippen molar-refractivity contribution in [2.24, 2.45) is 0 Å². The van der Waals surface area contributed by atoms with Crippen molar-refractivity contribution >= 4 is 6.29 Å². The Morgan fingerprint density at radius 2 is 1.71 bits per heavy atom. The van der Waals surface area contributed by atoms with Gasteiger partial charge >= 0.3 is 0 Å². The fourth-order valence-corrected chi connectivity index (χ4v) is 1.27. The van der Waals surface area contributed by atoms with E-state index >= 15 is 0 Å². The van der Waals surface area contributed by atoms with Crippen LogP contribution in [0.1, 0.15) is 49.8 Å². The largest absolute Gasteiger partial charge is 0.480 e. The van der Waals surface area contributed by atoms with Crippen LogP contribution in [0.25, 0.3) is 0 Å². The minimum atomic E-state index is -0.0617. The molecule has 0 bridgehead atoms. The molecule has 1 rings (SSSR count). The molecule has 0 aliphatic rings. The number of ether oxygens (including phenoxy) is 2. The second-order valence-electron chi connectivity index (χ2n) is 4.25. The van der Waals surface area contributed by atoms with Gasteiger partial charge in [0.1, 0.15) is 11.4 Å². The fourth-order valence-electron chi connectivity index (χ4n) is 1.27. The highest BCUT2D eigenvalue weighted by Crippen LogP contribution is 2.26. The summed E-state index contributed by atoms with van der Waals surface area (Å²) in [5, 5.41) is 0. The van der Waals surface area contributed by atoms with Crippen molar-refractivity contribution in [3.63, 3.8) is 0 Å². The molecular formula is C12H18N2O3. The Bertz CT molecular complexity index is 403. The molecule has 0 aliphatic heterocycles. The summed E-state index contributed by atoms with van der Waals surface area (Å²) >= 11 is 0. The standard InChI is InChI=1S/C12H18N2O3/c1-7(2)10-13-11(16-5)9(6-15)12(14-10)17-8(3)4/h6-8H,1-5H3. The minimum absolute atomic E-state index is 0.0617. The van der Waals surface area contributed by atoms with Gasteiger partial charge in [-0.15, -0.1) is 0 Å². The van der Waals surface area contributed by atoms with Gasteiger partial charge in [0.15, 0.2) is 6.29 Å². The normalized spacial score (nSPS) is 10.8. The minimum Gasteiger partial charge on any atom is -0.480 e. The molecule has 0 amide bonds. The van der Waals surface area contributed by atoms with Gasteiger partial charge in [-0.25, -0.2) is 0 Å². The van der Waals surface area contributed by atoms with E-state index in [4.69, 9.17) is 9.47 Å². The Morgan fingerprint density at radius 1 is 1.12 bits per heavy atom. The van der Waals surface area contributed by atoms with Gasteiger partial charge in [0, 0.05) is 5.92 Å². The van der Waals surface area contributed by atoms with Crippen LogP contribution < -0.4 is 9.47 Å². The van der Waals surface area contributed by atoms with E-state index in [0.717, 1.165) is 0 Å². The first-order valence-electron chi connectivity index (χ1n) is 5.57. The first kappa shape index (κ1) is 13.4. The molecule has 0 spiro atoms. The zero-order valence-corrected chi connectivity index (χ0v) is 10.9. The third kappa shape index (κ3) is 3.15. The van der Waals surface area contributed by atoms with Gasteiger partial charge in [-0.05, 0) is 13.8 Å². The second kappa shape index (κ2) is 5.61. The monoisotopic (exact) mass is 238 g/mol. The third-order valence-electron chi connectivity index (χ3n) is 2.07. The van der Waals surface area contributed by atoms with E-state index in [1.54, 1.807) is 0 Å². The van der Waals surface area contributed by atoms with E-state index in [9.17, 15) is 4.79 Å². The summed E-state index contributed by atoms with van der Waals surface area (Å²) in [7, 11) is 1.47. The molecule has 5 heteroatoms. The van der Waals surface area contributed by atoms with Crippen molar-refractivity contribution in [2.45, 2.75) is 39.7 Å². The lowest BCUT2D eigenvalue weighted by Gasteiger charge is -2.14. The highest BCUT2D eigenvalue weighted by Gasteiger charge is 2.18. The van der Waals surface area contributed by atoms with Crippen molar-refractivity contribution in [1.29, 1.82) is 0 Å². The van der Waals surface area contributed by atoms with Crippen molar-refractivity contribution in [3.8, 4) is 11.8 Å². The summed E-state index contributed by atoms with van der Waals surface area (Å²) in [6, 6.07) is 0. The topological polar surface area (TPSA) is 61.3 Å². The molecule has 0 fully saturated rings. The van der Waals surface area contributed by atoms with Gasteiger partial charge in [0.2, 0.25) is 11.8 Å². The number of nitrogens with zero attached hydrogens (tertiary/aromatic N) is 2. The third-order valence-corrected chi connectivity index (χ3v) is 2.07. The lowest BCUT2D eigenvalue weighted by molar-refractivity contribution is 0.111. The van der Waals surface area contributed by atoms with Crippen LogP contribution in [-0.2, 0) is 0 Å². The van der Waals surface area contributed by atoms with Crippen LogP contribution >= 0.6 is 0 Å². The SMILES string of the molecule is COc1nc(C(C)C)nc(OC(C)C)c1C=O. The highest BCUT2D eigenvalue weighted by atomic mass is 16.5. The van der Waals surface area contributed by atoms with Gasteiger partial charge in [0.05, 0.1) is 13.2 Å². The van der Waals surface area contributed by atoms with Gasteiger partial charge in [-0.3, -0.25) is 4.79 Å². The number of carbonyl (C=O) groups is 1. The molecule has 0 aliphatic carbocycles. The molecular weight excluding hydrogens is 220 g/mol. The van der Waals surface area contributed by atoms with Crippen molar-refractivity contribution < 1.29 is 14.3 Å². The van der Waals surface area contributed by atoms with Crippen LogP contribution in [0, 0.1) is 0 Å². The number of hydrogen-bond donors (Lipinski definition) is 0. The molecule has 5 nitrogen and oxygen atoms in total. The summed E-state index contributed by atoms with van der Waals surface area (Å²) in [4.78, 5) is 19.5. The molecule has 0 saturated heterocycles. The van der Waals surface area contributed by atoms with Crippen LogP contribution in [0.2, 0.25) is 0 Å². The second-order valence-corrected chi connectivity index (χ2v) is 4.25. The number of hydrogen-bond acceptors (Lipinski definition) is 5. The average molecular weight is 238 g/mol. The molecule has 17 heavy (non-hydrogen) atoms. The van der Waals surface area contributed by atoms with Gasteiger partial charge in [-0.2, -0.15) is 9.97 Å². The average Bonchev–Trinajstić information content (AvgIpc) is 2.26. The van der Waals surface area contributed by atoms with Gasteiger partial charge in [-0.1, -0.05) is 13.8 Å². The first-order chi connectivity index (χ1) is 7.99. The predicted molar refractivity (Wildman–Crippen MR) is 63.8 cm³/mol. The van der Waals surface area contributed by atoms with Crippen LogP contribution in [0.3, 0.4) is 0 Å². The van der Waals surface area contributed by atoms with Crippen molar-refractivity contribution in [2.75, 3.05) is 7.11 Å². The summed E-state index contributed by atoms with van der Waals surface area (Å²) < 4.78 is 10.6. The van der Waals surface area contributed by atoms with E-state index in [0.29, 0.717) is 12.1 Å². The van der Waals surface area contributed by atoms with Gasteiger partial charge < -0.3 is 9.47 Å². The number of methoxy groups -OCH3 is 1. The molecule has 0 unspecified atom stereocenters. The fraction of sp³-hybridized carbons (Fsp3) is 0.583. The Labute approximate surface area is 101 Å². The number of carbonyl (C=O) groups excluding carboxylic acids is 1. The summed E-state index contributed by atoms with van der Waals surface area (Å²) in [5.41, 5.74) is 0.255. The molecule has 1 aromatic heterocycles. The molecule has 1 heterocycles. The molecule has 0 atom stereocenters. The Hall–Kier alpha value is -1.65. The molecule has 0 N–H and O–H groups in total. The Morgan fingerprint density at radius 3 is 2.12 bits per heavy atom. The van der Waals surface area contributed by atoms with E-state index < -0.39 is 0 Å². The zero-order chi connectivity index (χ0) is 13.0. The van der Waals surface area contributed by atoms with Gasteiger partial charge in [0.25, 0.3) is 0 Å². The molecule has 1 aromatic rings. The molecule has 0 aromatic carbocycles. The lowest BCUT2D eigenvalue weighted by Crippen LogP contribution is -2.12. The summed E-state index contributed by atoms with van der Waals surface area (Å²) in [6.07, 6.45) is 0.592. The predicted octanol–water partition coefficient (Wildman–Crippen LogP) is 2.21. The maximum atomic E-state index is 11.0. The van der Waals surface area contributed by atoms with Crippen molar-refractivity contribution in [1.82, 2.24) is 9.97 Å². The summed E-state index contributed by atoms with van der Waals surface area (Å²) in [6.45, 7) is 7.68. The van der Waals surface area contributed by atoms with E-state index in [1.165, 1.54) is 7.11 Å². The first-order valence-corrected chi connectivity index (χ1v) is 5.57. The van der Waals surface area contributed by atoms with E-state index in [2.05, 4.69) is 9.97 Å². The van der Waals surface area contributed by atoms with Crippen LogP contribution in [-0.4, -0.2) is 29.5 Å². The van der Waals surface area contributed by atoms with Crippen LogP contribution in [0.5, 0.6) is 11.8 Å². The van der Waals surface area contributed by atoms with Crippen LogP contribution in [0.4, 0.5) is 0 Å². The molecule has 94 valence electrons. The number of rotatable bonds is 5. The maximum absolute atomic E-state index is 11.0. The quantitative estimate of drug-likeness (QED) is 0.736. The Balaban J connectivity index is 3.31. The molecule has 0 saturated carbocycles. The summed E-state index contributed by atoms with van der Waals surface area (Å²) in [5.74, 6) is 1.28. The zero-order valence-electron chi connectivity index (χ0n) is 10.9.